The van der Waals surface area contributed by atoms with Gasteiger partial charge in [0.2, 0.25) is 0 Å². The first kappa shape index (κ1) is 14.4. The fourth-order valence-electron chi connectivity index (χ4n) is 3.17. The molecule has 0 spiro atoms. The van der Waals surface area contributed by atoms with E-state index in [2.05, 4.69) is 22.5 Å². The highest BCUT2D eigenvalue weighted by molar-refractivity contribution is 5.98. The van der Waals surface area contributed by atoms with Gasteiger partial charge in [0.15, 0.2) is 0 Å². The van der Waals surface area contributed by atoms with Crippen molar-refractivity contribution in [2.24, 2.45) is 5.73 Å². The van der Waals surface area contributed by atoms with Crippen LogP contribution in [0.15, 0.2) is 12.1 Å². The number of hydrogen-bond acceptors (Lipinski definition) is 4. The zero-order valence-electron chi connectivity index (χ0n) is 12.7. The van der Waals surface area contributed by atoms with E-state index in [1.807, 2.05) is 19.1 Å². The minimum Gasteiger partial charge on any atom is -0.380 e. The van der Waals surface area contributed by atoms with Gasteiger partial charge in [0.25, 0.3) is 0 Å². The van der Waals surface area contributed by atoms with Gasteiger partial charge < -0.3 is 26.5 Å². The summed E-state index contributed by atoms with van der Waals surface area (Å²) in [5.41, 5.74) is 10.8. The van der Waals surface area contributed by atoms with Crippen molar-refractivity contribution in [1.29, 1.82) is 0 Å². The lowest BCUT2D eigenvalue weighted by molar-refractivity contribution is 0.187. The number of aryl methyl sites for hydroxylation is 2. The Morgan fingerprint density at radius 2 is 2.19 bits per heavy atom. The van der Waals surface area contributed by atoms with E-state index >= 15 is 0 Å². The smallest absolute Gasteiger partial charge is 0.130 e. The van der Waals surface area contributed by atoms with E-state index in [4.69, 9.17) is 5.73 Å². The van der Waals surface area contributed by atoms with Crippen LogP contribution < -0.4 is 16.4 Å². The molecule has 1 aromatic carbocycles. The molecule has 0 saturated carbocycles. The Bertz CT molecular complexity index is 641. The SMILES string of the molecule is Cc1[nH]c2c(C(N)O)ccc(NC3CCCNC3)c2c1C. The molecule has 2 heterocycles. The first-order valence-electron chi connectivity index (χ1n) is 7.60. The molecule has 1 aromatic heterocycles. The number of nitrogens with one attached hydrogen (secondary N) is 3. The summed E-state index contributed by atoms with van der Waals surface area (Å²) in [6, 6.07) is 4.38. The second kappa shape index (κ2) is 5.67. The fourth-order valence-corrected chi connectivity index (χ4v) is 3.17. The Balaban J connectivity index is 2.04. The molecule has 1 aliphatic rings. The third-order valence-corrected chi connectivity index (χ3v) is 4.46. The minimum atomic E-state index is -0.963. The average Bonchev–Trinajstić information content (AvgIpc) is 2.76. The molecule has 21 heavy (non-hydrogen) atoms. The van der Waals surface area contributed by atoms with Gasteiger partial charge in [-0.1, -0.05) is 6.07 Å². The van der Waals surface area contributed by atoms with E-state index in [9.17, 15) is 5.11 Å². The number of rotatable bonds is 3. The van der Waals surface area contributed by atoms with Gasteiger partial charge in [-0.25, -0.2) is 0 Å². The monoisotopic (exact) mass is 288 g/mol. The standard InChI is InChI=1S/C16H24N4O/c1-9-10(2)19-15-12(16(17)21)5-6-13(14(9)15)20-11-4-3-7-18-8-11/h5-6,11,16,18-21H,3-4,7-8,17H2,1-2H3. The van der Waals surface area contributed by atoms with Crippen LogP contribution in [0.2, 0.25) is 0 Å². The zero-order valence-corrected chi connectivity index (χ0v) is 12.7. The van der Waals surface area contributed by atoms with E-state index in [1.165, 1.54) is 18.4 Å². The van der Waals surface area contributed by atoms with Crippen molar-refractivity contribution in [2.45, 2.75) is 39.0 Å². The van der Waals surface area contributed by atoms with Crippen LogP contribution in [-0.2, 0) is 0 Å². The van der Waals surface area contributed by atoms with Crippen molar-refractivity contribution >= 4 is 16.6 Å². The lowest BCUT2D eigenvalue weighted by atomic mass is 10.0. The molecule has 5 heteroatoms. The number of piperidine rings is 1. The van der Waals surface area contributed by atoms with Crippen molar-refractivity contribution in [3.8, 4) is 0 Å². The number of fused-ring (bicyclic) bond motifs is 1. The molecule has 1 aliphatic heterocycles. The van der Waals surface area contributed by atoms with Gasteiger partial charge in [-0.05, 0) is 44.9 Å². The van der Waals surface area contributed by atoms with Gasteiger partial charge in [-0.15, -0.1) is 0 Å². The largest absolute Gasteiger partial charge is 0.380 e. The molecule has 0 bridgehead atoms. The van der Waals surface area contributed by atoms with Crippen molar-refractivity contribution in [3.63, 3.8) is 0 Å². The van der Waals surface area contributed by atoms with Crippen LogP contribution in [0.1, 0.15) is 35.9 Å². The summed E-state index contributed by atoms with van der Waals surface area (Å²) in [5.74, 6) is 0. The molecule has 5 nitrogen and oxygen atoms in total. The Hall–Kier alpha value is -1.56. The van der Waals surface area contributed by atoms with Crippen LogP contribution in [0.3, 0.4) is 0 Å². The molecule has 2 aromatic rings. The highest BCUT2D eigenvalue weighted by Gasteiger charge is 2.18. The second-order valence-corrected chi connectivity index (χ2v) is 5.96. The van der Waals surface area contributed by atoms with Crippen molar-refractivity contribution in [2.75, 3.05) is 18.4 Å². The average molecular weight is 288 g/mol. The van der Waals surface area contributed by atoms with Crippen LogP contribution >= 0.6 is 0 Å². The van der Waals surface area contributed by atoms with E-state index in [0.717, 1.165) is 40.9 Å². The van der Waals surface area contributed by atoms with Crippen molar-refractivity contribution in [1.82, 2.24) is 10.3 Å². The predicted octanol–water partition coefficient (Wildman–Crippen LogP) is 1.90. The first-order valence-corrected chi connectivity index (χ1v) is 7.60. The van der Waals surface area contributed by atoms with Gasteiger partial charge >= 0.3 is 0 Å². The summed E-state index contributed by atoms with van der Waals surface area (Å²) >= 11 is 0. The Kier molecular flexibility index (Phi) is 3.89. The van der Waals surface area contributed by atoms with E-state index in [-0.39, 0.29) is 0 Å². The van der Waals surface area contributed by atoms with Crippen LogP contribution in [0.4, 0.5) is 5.69 Å². The lowest BCUT2D eigenvalue weighted by Crippen LogP contribution is -2.38. The van der Waals surface area contributed by atoms with Gasteiger partial charge in [-0.2, -0.15) is 0 Å². The van der Waals surface area contributed by atoms with Crippen LogP contribution in [0.5, 0.6) is 0 Å². The molecular formula is C16H24N4O. The molecule has 0 amide bonds. The summed E-state index contributed by atoms with van der Waals surface area (Å²) in [6.07, 6.45) is 1.42. The molecular weight excluding hydrogens is 264 g/mol. The third kappa shape index (κ3) is 2.64. The minimum absolute atomic E-state index is 0.449. The summed E-state index contributed by atoms with van der Waals surface area (Å²) in [4.78, 5) is 3.36. The molecule has 1 fully saturated rings. The van der Waals surface area contributed by atoms with Crippen LogP contribution in [-0.4, -0.2) is 29.2 Å². The zero-order chi connectivity index (χ0) is 15.0. The van der Waals surface area contributed by atoms with Crippen molar-refractivity contribution in [3.05, 3.63) is 29.0 Å². The second-order valence-electron chi connectivity index (χ2n) is 5.96. The molecule has 1 saturated heterocycles. The number of aromatic nitrogens is 1. The van der Waals surface area contributed by atoms with Crippen molar-refractivity contribution < 1.29 is 5.11 Å². The van der Waals surface area contributed by atoms with Gasteiger partial charge in [0.05, 0.1) is 5.52 Å². The summed E-state index contributed by atoms with van der Waals surface area (Å²) in [7, 11) is 0. The Morgan fingerprint density at radius 1 is 1.38 bits per heavy atom. The topological polar surface area (TPSA) is 86.1 Å². The highest BCUT2D eigenvalue weighted by Crippen LogP contribution is 2.33. The summed E-state index contributed by atoms with van der Waals surface area (Å²) in [5, 5.41) is 18.0. The van der Waals surface area contributed by atoms with Gasteiger partial charge in [0, 0.05) is 34.9 Å². The third-order valence-electron chi connectivity index (χ3n) is 4.46. The predicted molar refractivity (Wildman–Crippen MR) is 86.4 cm³/mol. The quantitative estimate of drug-likeness (QED) is 0.558. The van der Waals surface area contributed by atoms with E-state index in [1.54, 1.807) is 0 Å². The number of hydrogen-bond donors (Lipinski definition) is 5. The number of H-pyrrole nitrogens is 1. The number of aromatic amines is 1. The number of aliphatic hydroxyl groups excluding tert-OH is 1. The first-order chi connectivity index (χ1) is 10.1. The maximum Gasteiger partial charge on any atom is 0.130 e. The molecule has 6 N–H and O–H groups in total. The maximum absolute atomic E-state index is 9.76. The number of anilines is 1. The van der Waals surface area contributed by atoms with Crippen LogP contribution in [0, 0.1) is 13.8 Å². The summed E-state index contributed by atoms with van der Waals surface area (Å²) < 4.78 is 0. The molecule has 0 aliphatic carbocycles. The van der Waals surface area contributed by atoms with E-state index in [0.29, 0.717) is 6.04 Å². The Labute approximate surface area is 124 Å². The molecule has 114 valence electrons. The highest BCUT2D eigenvalue weighted by atomic mass is 16.3. The molecule has 3 rings (SSSR count). The summed E-state index contributed by atoms with van der Waals surface area (Å²) in [6.45, 7) is 6.25. The van der Waals surface area contributed by atoms with Crippen LogP contribution in [0.25, 0.3) is 10.9 Å². The maximum atomic E-state index is 9.76. The number of nitrogens with two attached hydrogens (primary N) is 1. The Morgan fingerprint density at radius 3 is 2.86 bits per heavy atom. The lowest BCUT2D eigenvalue weighted by Gasteiger charge is -2.25. The van der Waals surface area contributed by atoms with E-state index < -0.39 is 6.23 Å². The normalized spacial score (nSPS) is 20.7. The molecule has 0 radical (unpaired) electrons. The molecule has 2 atom stereocenters. The van der Waals surface area contributed by atoms with Gasteiger partial charge in [0.1, 0.15) is 6.23 Å². The number of benzene rings is 1. The molecule has 2 unspecified atom stereocenters. The fraction of sp³-hybridized carbons (Fsp3) is 0.500. The van der Waals surface area contributed by atoms with Gasteiger partial charge in [-0.3, -0.25) is 0 Å². The number of aliphatic hydroxyl groups is 1.